The molecule has 2 aliphatic rings. The first-order valence-corrected chi connectivity index (χ1v) is 29.2. The van der Waals surface area contributed by atoms with E-state index in [1.54, 1.807) is 0 Å². The fourth-order valence-corrected chi connectivity index (χ4v) is 14.6. The lowest BCUT2D eigenvalue weighted by molar-refractivity contribution is 0.586. The minimum atomic E-state index is -0.496. The van der Waals surface area contributed by atoms with Crippen molar-refractivity contribution in [3.8, 4) is 55.6 Å². The summed E-state index contributed by atoms with van der Waals surface area (Å²) in [7, 11) is 0. The smallest absolute Gasteiger partial charge is 0.0713 e. The maximum atomic E-state index is 2.52. The van der Waals surface area contributed by atoms with Crippen molar-refractivity contribution < 1.29 is 0 Å². The molecule has 0 radical (unpaired) electrons. The van der Waals surface area contributed by atoms with Crippen molar-refractivity contribution in [3.63, 3.8) is 0 Å². The van der Waals surface area contributed by atoms with Crippen LogP contribution in [0.25, 0.3) is 75.8 Å². The van der Waals surface area contributed by atoms with Crippen LogP contribution in [0.4, 0.5) is 17.1 Å². The normalized spacial score (nSPS) is 13.9. The van der Waals surface area contributed by atoms with E-state index in [1.165, 1.54) is 120 Å². The maximum absolute atomic E-state index is 2.52. The molecular formula is C78H65NS. The molecule has 2 heteroatoms. The van der Waals surface area contributed by atoms with Crippen molar-refractivity contribution in [2.24, 2.45) is 0 Å². The Balaban J connectivity index is 0.830. The predicted octanol–water partition coefficient (Wildman–Crippen LogP) is 21.8. The fraction of sp³-hybridized carbons (Fsp3) is 0.154. The molecule has 0 N–H and O–H groups in total. The van der Waals surface area contributed by atoms with Gasteiger partial charge in [0.2, 0.25) is 0 Å². The number of anilines is 3. The Kier molecular flexibility index (Phi) is 11.5. The number of nitrogens with zero attached hydrogens (tertiary/aromatic N) is 1. The highest BCUT2D eigenvalue weighted by molar-refractivity contribution is 7.26. The maximum Gasteiger partial charge on any atom is 0.0713 e. The van der Waals surface area contributed by atoms with Gasteiger partial charge in [0, 0.05) is 42.6 Å². The second-order valence-electron chi connectivity index (χ2n) is 24.9. The van der Waals surface area contributed by atoms with Crippen LogP contribution >= 0.6 is 11.3 Å². The van der Waals surface area contributed by atoms with Gasteiger partial charge in [0.25, 0.3) is 0 Å². The zero-order chi connectivity index (χ0) is 54.7. The Hall–Kier alpha value is -8.56. The Morgan fingerprint density at radius 2 is 0.800 bits per heavy atom. The Bertz CT molecular complexity index is 4290. The molecule has 1 heterocycles. The highest BCUT2D eigenvalue weighted by atomic mass is 32.1. The monoisotopic (exact) mass is 1050 g/mol. The molecule has 0 aliphatic heterocycles. The van der Waals surface area contributed by atoms with Crippen molar-refractivity contribution in [3.05, 3.63) is 293 Å². The van der Waals surface area contributed by atoms with Gasteiger partial charge in [-0.15, -0.1) is 11.3 Å². The minimum Gasteiger partial charge on any atom is -0.310 e. The molecule has 2 aliphatic carbocycles. The molecule has 1 aromatic heterocycles. The summed E-state index contributed by atoms with van der Waals surface area (Å²) in [5, 5.41) is 2.58. The molecule has 388 valence electrons. The van der Waals surface area contributed by atoms with Crippen LogP contribution in [-0.2, 0) is 21.7 Å². The molecule has 0 saturated carbocycles. The summed E-state index contributed by atoms with van der Waals surface area (Å²) in [4.78, 5) is 2.42. The largest absolute Gasteiger partial charge is 0.310 e. The lowest BCUT2D eigenvalue weighted by Crippen LogP contribution is -2.29. The summed E-state index contributed by atoms with van der Waals surface area (Å²) < 4.78 is 2.61. The van der Waals surface area contributed by atoms with Gasteiger partial charge in [0.1, 0.15) is 0 Å². The van der Waals surface area contributed by atoms with Gasteiger partial charge in [-0.3, -0.25) is 0 Å². The average molecular weight is 1050 g/mol. The zero-order valence-electron chi connectivity index (χ0n) is 47.0. The highest BCUT2D eigenvalue weighted by Gasteiger charge is 2.47. The number of benzene rings is 11. The average Bonchev–Trinajstić information content (AvgIpc) is 4.14. The number of hydrogen-bond donors (Lipinski definition) is 0. The molecule has 14 rings (SSSR count). The van der Waals surface area contributed by atoms with E-state index in [1.807, 2.05) is 11.3 Å². The van der Waals surface area contributed by atoms with Crippen LogP contribution in [0.15, 0.2) is 249 Å². The van der Waals surface area contributed by atoms with Gasteiger partial charge in [0.05, 0.1) is 5.41 Å². The minimum absolute atomic E-state index is 0.00419. The topological polar surface area (TPSA) is 3.24 Å². The third-order valence-electron chi connectivity index (χ3n) is 17.7. The highest BCUT2D eigenvalue weighted by Crippen LogP contribution is 2.58. The Labute approximate surface area is 476 Å². The van der Waals surface area contributed by atoms with Crippen molar-refractivity contribution in [2.75, 3.05) is 4.90 Å². The summed E-state index contributed by atoms with van der Waals surface area (Å²) in [6.07, 6.45) is 0. The number of thiophene rings is 1. The van der Waals surface area contributed by atoms with E-state index in [4.69, 9.17) is 0 Å². The van der Waals surface area contributed by atoms with Crippen molar-refractivity contribution in [2.45, 2.75) is 77.0 Å². The molecule has 12 aromatic rings. The van der Waals surface area contributed by atoms with Gasteiger partial charge < -0.3 is 4.90 Å². The molecule has 80 heavy (non-hydrogen) atoms. The molecule has 0 spiro atoms. The Morgan fingerprint density at radius 3 is 1.43 bits per heavy atom. The van der Waals surface area contributed by atoms with Crippen LogP contribution in [0.3, 0.4) is 0 Å². The zero-order valence-corrected chi connectivity index (χ0v) is 47.8. The second kappa shape index (κ2) is 18.5. The molecular weight excluding hydrogens is 983 g/mol. The Morgan fingerprint density at radius 1 is 0.325 bits per heavy atom. The van der Waals surface area contributed by atoms with Gasteiger partial charge >= 0.3 is 0 Å². The van der Waals surface area contributed by atoms with Crippen LogP contribution < -0.4 is 4.90 Å². The molecule has 11 aromatic carbocycles. The summed E-state index contributed by atoms with van der Waals surface area (Å²) in [6.45, 7) is 18.7. The number of fused-ring (bicyclic) bond motifs is 9. The number of hydrogen-bond acceptors (Lipinski definition) is 2. The molecule has 1 nitrogen and oxygen atoms in total. The van der Waals surface area contributed by atoms with E-state index in [-0.39, 0.29) is 16.2 Å². The first-order valence-electron chi connectivity index (χ1n) is 28.4. The third-order valence-corrected chi connectivity index (χ3v) is 18.9. The van der Waals surface area contributed by atoms with Gasteiger partial charge in [-0.1, -0.05) is 256 Å². The van der Waals surface area contributed by atoms with E-state index in [0.29, 0.717) is 0 Å². The third kappa shape index (κ3) is 7.94. The van der Waals surface area contributed by atoms with Crippen molar-refractivity contribution >= 4 is 48.6 Å². The van der Waals surface area contributed by atoms with E-state index >= 15 is 0 Å². The SMILES string of the molecule is CC(C)(C)c1ccc2c(c1)C(c1ccccc1)(c1ccc(-c3cccc4c3sc3ccc(-c5ccc(N(c6ccc(-c7ccccc7)cc6)c6ccc7c(c6)C(C)(C)c6ccccc6-7)cc5)cc34)cc1)c1cc(C(C)(C)C)ccc1-2. The molecule has 0 amide bonds. The first kappa shape index (κ1) is 49.7. The standard InChI is InChI=1S/C78H65NS/c1-75(2,3)57-35-42-65-66-43-36-58(76(4,5)6)48-72(66)78(71(65)47-57,55-20-13-10-14-21-55)56-33-26-53(27-34-56)62-23-17-24-67-68-46-54(32-45-73(68)80-74(62)67)52-30-39-60(40-31-52)79(59-37-28-51(29-38-59)50-18-11-9-12-19-50)61-41-44-64-63-22-15-16-25-69(63)77(7,8)70(64)49-61/h9-49H,1-8H3. The van der Waals surface area contributed by atoms with Crippen LogP contribution in [0.2, 0.25) is 0 Å². The summed E-state index contributed by atoms with van der Waals surface area (Å²) in [6, 6.07) is 94.1. The van der Waals surface area contributed by atoms with E-state index in [9.17, 15) is 0 Å². The van der Waals surface area contributed by atoms with Crippen LogP contribution in [0, 0.1) is 0 Å². The first-order chi connectivity index (χ1) is 38.7. The quantitative estimate of drug-likeness (QED) is 0.147. The van der Waals surface area contributed by atoms with Crippen LogP contribution in [0.1, 0.15) is 99.9 Å². The lowest BCUT2D eigenvalue weighted by atomic mass is 9.66. The molecule has 0 fully saturated rings. The van der Waals surface area contributed by atoms with Gasteiger partial charge in [-0.2, -0.15) is 0 Å². The predicted molar refractivity (Wildman–Crippen MR) is 343 cm³/mol. The molecule has 0 atom stereocenters. The van der Waals surface area contributed by atoms with E-state index in [2.05, 4.69) is 309 Å². The van der Waals surface area contributed by atoms with E-state index in [0.717, 1.165) is 17.1 Å². The van der Waals surface area contributed by atoms with Gasteiger partial charge in [-0.25, -0.2) is 0 Å². The van der Waals surface area contributed by atoms with E-state index < -0.39 is 5.41 Å². The fourth-order valence-electron chi connectivity index (χ4n) is 13.4. The molecule has 0 unspecified atom stereocenters. The summed E-state index contributed by atoms with van der Waals surface area (Å²) >= 11 is 1.90. The van der Waals surface area contributed by atoms with Crippen molar-refractivity contribution in [1.82, 2.24) is 0 Å². The summed E-state index contributed by atoms with van der Waals surface area (Å²) in [5.41, 5.74) is 26.1. The van der Waals surface area contributed by atoms with Gasteiger partial charge in [0.15, 0.2) is 0 Å². The van der Waals surface area contributed by atoms with Crippen LogP contribution in [0.5, 0.6) is 0 Å². The lowest BCUT2D eigenvalue weighted by Gasteiger charge is -2.35. The summed E-state index contributed by atoms with van der Waals surface area (Å²) in [5.74, 6) is 0. The van der Waals surface area contributed by atoms with Crippen molar-refractivity contribution in [1.29, 1.82) is 0 Å². The second-order valence-corrected chi connectivity index (χ2v) is 26.0. The van der Waals surface area contributed by atoms with Gasteiger partial charge in [-0.05, 0) is 160 Å². The molecule has 0 bridgehead atoms. The number of rotatable bonds is 8. The molecule has 0 saturated heterocycles. The van der Waals surface area contributed by atoms with Crippen LogP contribution in [-0.4, -0.2) is 0 Å².